The Hall–Kier alpha value is -3.26. The predicted octanol–water partition coefficient (Wildman–Crippen LogP) is 6.18. The molecule has 0 aliphatic heterocycles. The molecule has 5 aromatic carbocycles. The molecule has 3 nitrogen and oxygen atoms in total. The smallest absolute Gasteiger partial charge is 0.357 e. The minimum absolute atomic E-state index is 0.0131. The molecule has 0 saturated carbocycles. The van der Waals surface area contributed by atoms with Gasteiger partial charge in [0.05, 0.1) is 4.90 Å². The lowest BCUT2D eigenvalue weighted by Gasteiger charge is -2.19. The topological polar surface area (TPSA) is 57.2 Å². The summed E-state index contributed by atoms with van der Waals surface area (Å²) in [6.07, 6.45) is 0. The maximum absolute atomic E-state index is 11.1. The summed E-state index contributed by atoms with van der Waals surface area (Å²) in [6.45, 7) is 13.6. The van der Waals surface area contributed by atoms with E-state index in [0.29, 0.717) is 0 Å². The normalized spacial score (nSPS) is 12.0. The van der Waals surface area contributed by atoms with Crippen molar-refractivity contribution in [1.29, 1.82) is 0 Å². The minimum atomic E-state index is -4.42. The Morgan fingerprint density at radius 2 is 0.841 bits per heavy atom. The number of hydrogen-bond donors (Lipinski definition) is 0. The Balaban J connectivity index is 0.000000202. The van der Waals surface area contributed by atoms with E-state index in [-0.39, 0.29) is 42.8 Å². The molecule has 0 amide bonds. The van der Waals surface area contributed by atoms with E-state index >= 15 is 0 Å². The second-order valence-corrected chi connectivity index (χ2v) is 17.3. The van der Waals surface area contributed by atoms with Crippen LogP contribution in [0.2, 0.25) is 0 Å². The summed E-state index contributed by atoms with van der Waals surface area (Å²) in [4.78, 5) is -0.207. The van der Waals surface area contributed by atoms with Gasteiger partial charge in [0.25, 0.3) is 0 Å². The van der Waals surface area contributed by atoms with Crippen molar-refractivity contribution in [2.75, 3.05) is 0 Å². The Morgan fingerprint density at radius 1 is 0.500 bits per heavy atom. The molecule has 5 aromatic rings. The van der Waals surface area contributed by atoms with Gasteiger partial charge in [0.2, 0.25) is 0 Å². The highest BCUT2D eigenvalue weighted by Gasteiger charge is 2.20. The molecule has 0 aliphatic rings. The standard InChI is InChI=1S/C20H26I.C19H16O3S/c1-19(2,3)15-7-11-17(12-8-15)21-18-13-9-16(10-14-18)20(4,5)6;20-23(21,22)18-13-11-17(12-14-18)19(15-7-3-1-4-8-15)16-9-5-2-6-10-16/h7-14H,1-6H3;1-14,19H,(H,20,21,22)/q+1;/p-1. The van der Waals surface area contributed by atoms with E-state index in [1.807, 2.05) is 60.7 Å². The van der Waals surface area contributed by atoms with Gasteiger partial charge in [-0.3, -0.25) is 0 Å². The van der Waals surface area contributed by atoms with Gasteiger partial charge in [-0.15, -0.1) is 0 Å². The molecule has 44 heavy (non-hydrogen) atoms. The van der Waals surface area contributed by atoms with Crippen LogP contribution in [0.5, 0.6) is 0 Å². The molecule has 0 heterocycles. The first kappa shape index (κ1) is 33.6. The van der Waals surface area contributed by atoms with E-state index in [1.165, 1.54) is 30.4 Å². The quantitative estimate of drug-likeness (QED) is 0.120. The van der Waals surface area contributed by atoms with Crippen molar-refractivity contribution in [2.45, 2.75) is 63.2 Å². The Kier molecular flexibility index (Phi) is 10.9. The molecule has 0 radical (unpaired) electrons. The SMILES string of the molecule is CC(C)(C)c1ccc([I+]c2ccc(C(C)(C)C)cc2)cc1.O=S(=O)([O-])c1ccc(C(c2ccccc2)c2ccccc2)cc1. The number of benzene rings is 5. The molecule has 0 atom stereocenters. The first-order valence-corrected chi connectivity index (χ1v) is 18.3. The third-order valence-electron chi connectivity index (χ3n) is 7.41. The molecule has 228 valence electrons. The van der Waals surface area contributed by atoms with Crippen LogP contribution in [0.15, 0.2) is 138 Å². The Labute approximate surface area is 274 Å². The second kappa shape index (κ2) is 14.2. The molecule has 0 fully saturated rings. The highest BCUT2D eigenvalue weighted by Crippen LogP contribution is 2.32. The van der Waals surface area contributed by atoms with Crippen LogP contribution in [0.1, 0.15) is 75.3 Å². The van der Waals surface area contributed by atoms with Crippen molar-refractivity contribution in [3.05, 3.63) is 168 Å². The Morgan fingerprint density at radius 3 is 1.16 bits per heavy atom. The lowest BCUT2D eigenvalue weighted by molar-refractivity contribution is -0.597. The van der Waals surface area contributed by atoms with E-state index in [0.717, 1.165) is 16.7 Å². The van der Waals surface area contributed by atoms with Gasteiger partial charge in [-0.05, 0) is 75.0 Å². The van der Waals surface area contributed by atoms with E-state index in [4.69, 9.17) is 0 Å². The van der Waals surface area contributed by atoms with Gasteiger partial charge in [-0.25, -0.2) is 8.42 Å². The first-order valence-electron chi connectivity index (χ1n) is 14.7. The van der Waals surface area contributed by atoms with Crippen LogP contribution < -0.4 is 21.2 Å². The molecule has 0 N–H and O–H groups in total. The fraction of sp³-hybridized carbons (Fsp3) is 0.231. The molecule has 0 aliphatic carbocycles. The molecule has 5 rings (SSSR count). The monoisotopic (exact) mass is 716 g/mol. The van der Waals surface area contributed by atoms with Gasteiger partial charge in [0.1, 0.15) is 10.1 Å². The van der Waals surface area contributed by atoms with E-state index in [2.05, 4.69) is 90.1 Å². The van der Waals surface area contributed by atoms with Gasteiger partial charge in [0, 0.05) is 5.92 Å². The summed E-state index contributed by atoms with van der Waals surface area (Å²) in [5.41, 5.74) is 6.47. The molecule has 0 bridgehead atoms. The van der Waals surface area contributed by atoms with E-state index in [9.17, 15) is 13.0 Å². The summed E-state index contributed by atoms with van der Waals surface area (Å²) in [5.74, 6) is -0.0131. The van der Waals surface area contributed by atoms with Crippen molar-refractivity contribution in [3.63, 3.8) is 0 Å². The fourth-order valence-corrected chi connectivity index (χ4v) is 7.47. The third-order valence-corrected chi connectivity index (χ3v) is 10.9. The lowest BCUT2D eigenvalue weighted by atomic mass is 9.85. The van der Waals surface area contributed by atoms with Crippen LogP contribution in [-0.4, -0.2) is 13.0 Å². The molecule has 5 heteroatoms. The van der Waals surface area contributed by atoms with Crippen molar-refractivity contribution in [1.82, 2.24) is 0 Å². The van der Waals surface area contributed by atoms with Gasteiger partial charge in [-0.1, -0.05) is 139 Å². The van der Waals surface area contributed by atoms with Crippen LogP contribution in [0, 0.1) is 7.14 Å². The zero-order valence-corrected chi connectivity index (χ0v) is 29.3. The highest BCUT2D eigenvalue weighted by molar-refractivity contribution is 7.85. The highest BCUT2D eigenvalue weighted by atomic mass is 127. The third kappa shape index (κ3) is 9.37. The lowest BCUT2D eigenvalue weighted by Crippen LogP contribution is -3.61. The van der Waals surface area contributed by atoms with Crippen LogP contribution in [0.3, 0.4) is 0 Å². The molecule has 0 unspecified atom stereocenters. The van der Waals surface area contributed by atoms with Crippen molar-refractivity contribution < 1.29 is 34.2 Å². The molecular weight excluding hydrogens is 675 g/mol. The maximum Gasteiger partial charge on any atom is 0.357 e. The maximum atomic E-state index is 11.1. The zero-order valence-electron chi connectivity index (χ0n) is 26.3. The van der Waals surface area contributed by atoms with Gasteiger partial charge >= 0.3 is 21.2 Å². The van der Waals surface area contributed by atoms with E-state index in [1.54, 1.807) is 12.1 Å². The molecule has 0 saturated heterocycles. The number of halogens is 1. The van der Waals surface area contributed by atoms with E-state index < -0.39 is 10.1 Å². The summed E-state index contributed by atoms with van der Waals surface area (Å²) in [7, 11) is -4.42. The molecule has 0 spiro atoms. The second-order valence-electron chi connectivity index (χ2n) is 12.9. The number of rotatable bonds is 6. The van der Waals surface area contributed by atoms with Crippen molar-refractivity contribution in [2.24, 2.45) is 0 Å². The van der Waals surface area contributed by atoms with Crippen molar-refractivity contribution >= 4 is 10.1 Å². The van der Waals surface area contributed by atoms with Crippen LogP contribution >= 0.6 is 0 Å². The average molecular weight is 717 g/mol. The van der Waals surface area contributed by atoms with Crippen molar-refractivity contribution in [3.8, 4) is 0 Å². The predicted molar refractivity (Wildman–Crippen MR) is 176 cm³/mol. The van der Waals surface area contributed by atoms with Gasteiger partial charge in [0.15, 0.2) is 7.14 Å². The summed E-state index contributed by atoms with van der Waals surface area (Å²) < 4.78 is 36.3. The van der Waals surface area contributed by atoms with Crippen LogP contribution in [0.4, 0.5) is 0 Å². The molecular formula is C39H41IO3S. The summed E-state index contributed by atoms with van der Waals surface area (Å²) >= 11 is -0.0703. The molecule has 0 aromatic heterocycles. The first-order chi connectivity index (χ1) is 20.7. The number of hydrogen-bond acceptors (Lipinski definition) is 3. The largest absolute Gasteiger partial charge is 0.744 e. The Bertz CT molecular complexity index is 1620. The van der Waals surface area contributed by atoms with Gasteiger partial charge in [-0.2, -0.15) is 0 Å². The fourth-order valence-electron chi connectivity index (χ4n) is 4.85. The minimum Gasteiger partial charge on any atom is -0.744 e. The van der Waals surface area contributed by atoms with Gasteiger partial charge < -0.3 is 4.55 Å². The zero-order chi connectivity index (χ0) is 32.0. The van der Waals surface area contributed by atoms with Crippen LogP contribution in [0.25, 0.3) is 0 Å². The summed E-state index contributed by atoms with van der Waals surface area (Å²) in [5, 5.41) is 0. The summed E-state index contributed by atoms with van der Waals surface area (Å²) in [6, 6.07) is 44.5. The van der Waals surface area contributed by atoms with Crippen LogP contribution in [-0.2, 0) is 20.9 Å². The average Bonchev–Trinajstić information content (AvgIpc) is 2.98.